The van der Waals surface area contributed by atoms with Gasteiger partial charge in [-0.25, -0.2) is 4.98 Å². The molecule has 2 aromatic heterocycles. The minimum Gasteiger partial charge on any atom is -0.492 e. The minimum absolute atomic E-state index is 0.158. The lowest BCUT2D eigenvalue weighted by molar-refractivity contribution is -0.113. The van der Waals surface area contributed by atoms with Crippen molar-refractivity contribution in [1.29, 1.82) is 0 Å². The van der Waals surface area contributed by atoms with Crippen molar-refractivity contribution in [3.63, 3.8) is 0 Å². The molecule has 0 aliphatic rings. The van der Waals surface area contributed by atoms with Crippen LogP contribution >= 0.6 is 11.8 Å². The number of hydrogen-bond acceptors (Lipinski definition) is 7. The van der Waals surface area contributed by atoms with E-state index in [-0.39, 0.29) is 11.7 Å². The molecule has 1 amide bonds. The number of aryl methyl sites for hydroxylation is 2. The highest BCUT2D eigenvalue weighted by Gasteiger charge is 2.12. The maximum atomic E-state index is 12.3. The van der Waals surface area contributed by atoms with Crippen LogP contribution in [0.2, 0.25) is 0 Å². The summed E-state index contributed by atoms with van der Waals surface area (Å²) in [6.07, 6.45) is 1.23. The van der Waals surface area contributed by atoms with Gasteiger partial charge in [-0.2, -0.15) is 0 Å². The number of amides is 1. The van der Waals surface area contributed by atoms with Crippen molar-refractivity contribution in [3.05, 3.63) is 60.2 Å². The Morgan fingerprint density at radius 1 is 1.13 bits per heavy atom. The van der Waals surface area contributed by atoms with Gasteiger partial charge in [0, 0.05) is 12.8 Å². The molecule has 0 spiro atoms. The van der Waals surface area contributed by atoms with Crippen LogP contribution in [0, 0.1) is 0 Å². The van der Waals surface area contributed by atoms with Gasteiger partial charge in [-0.3, -0.25) is 4.79 Å². The molecule has 0 radical (unpaired) electrons. The molecule has 0 unspecified atom stereocenters. The number of imidazole rings is 1. The number of benzene rings is 2. The molecule has 2 heterocycles. The normalized spacial score (nSPS) is 11.0. The maximum Gasteiger partial charge on any atom is 0.277 e. The molecule has 154 valence electrons. The molecule has 0 fully saturated rings. The fraction of sp³-hybridized carbons (Fsp3) is 0.238. The Labute approximate surface area is 177 Å². The fourth-order valence-corrected chi connectivity index (χ4v) is 3.49. The first-order chi connectivity index (χ1) is 14.7. The number of nitrogens with one attached hydrogen (secondary N) is 2. The van der Waals surface area contributed by atoms with E-state index in [0.717, 1.165) is 16.9 Å². The number of H-pyrrole nitrogens is 1. The van der Waals surface area contributed by atoms with Crippen LogP contribution in [0.15, 0.2) is 58.2 Å². The summed E-state index contributed by atoms with van der Waals surface area (Å²) in [6.45, 7) is 2.43. The van der Waals surface area contributed by atoms with Crippen molar-refractivity contribution in [2.24, 2.45) is 0 Å². The number of ether oxygens (including phenoxy) is 1. The van der Waals surface area contributed by atoms with Crippen molar-refractivity contribution in [2.75, 3.05) is 17.7 Å². The minimum atomic E-state index is -0.172. The molecule has 2 aromatic carbocycles. The monoisotopic (exact) mass is 423 g/mol. The topological polar surface area (TPSA) is 106 Å². The first-order valence-corrected chi connectivity index (χ1v) is 10.6. The molecular formula is C21H21N5O3S. The Hall–Kier alpha value is -3.33. The van der Waals surface area contributed by atoms with E-state index in [1.165, 1.54) is 11.8 Å². The number of fused-ring (bicyclic) bond motifs is 1. The van der Waals surface area contributed by atoms with E-state index in [1.54, 1.807) is 6.07 Å². The van der Waals surface area contributed by atoms with Gasteiger partial charge in [0.15, 0.2) is 0 Å². The van der Waals surface area contributed by atoms with E-state index in [4.69, 9.17) is 9.15 Å². The Bertz CT molecular complexity index is 1110. The van der Waals surface area contributed by atoms with Crippen molar-refractivity contribution in [3.8, 4) is 5.75 Å². The molecule has 0 aliphatic heterocycles. The maximum absolute atomic E-state index is 12.3. The Morgan fingerprint density at radius 3 is 2.83 bits per heavy atom. The summed E-state index contributed by atoms with van der Waals surface area (Å²) in [5.74, 6) is 2.01. The fourth-order valence-electron chi connectivity index (χ4n) is 2.91. The second-order valence-corrected chi connectivity index (χ2v) is 7.35. The molecule has 30 heavy (non-hydrogen) atoms. The van der Waals surface area contributed by atoms with Gasteiger partial charge >= 0.3 is 0 Å². The predicted molar refractivity (Wildman–Crippen MR) is 115 cm³/mol. The van der Waals surface area contributed by atoms with Crippen molar-refractivity contribution >= 4 is 34.4 Å². The Balaban J connectivity index is 1.27. The second-order valence-electron chi connectivity index (χ2n) is 6.43. The summed E-state index contributed by atoms with van der Waals surface area (Å²) in [5, 5.41) is 11.3. The lowest BCUT2D eigenvalue weighted by Crippen LogP contribution is -2.14. The third-order valence-electron chi connectivity index (χ3n) is 4.25. The largest absolute Gasteiger partial charge is 0.492 e. The van der Waals surface area contributed by atoms with Crippen LogP contribution in [0.3, 0.4) is 0 Å². The molecule has 2 N–H and O–H groups in total. The Kier molecular flexibility index (Phi) is 6.29. The van der Waals surface area contributed by atoms with Crippen molar-refractivity contribution in [1.82, 2.24) is 20.2 Å². The van der Waals surface area contributed by atoms with E-state index in [0.29, 0.717) is 42.0 Å². The van der Waals surface area contributed by atoms with E-state index in [9.17, 15) is 4.79 Å². The van der Waals surface area contributed by atoms with E-state index in [2.05, 4.69) is 25.5 Å². The zero-order chi connectivity index (χ0) is 20.8. The average molecular weight is 423 g/mol. The van der Waals surface area contributed by atoms with Crippen LogP contribution in [0.25, 0.3) is 11.0 Å². The third-order valence-corrected chi connectivity index (χ3v) is 5.07. The number of carbonyl (C=O) groups excluding carboxylic acids is 1. The van der Waals surface area contributed by atoms with Gasteiger partial charge in [-0.1, -0.05) is 36.0 Å². The molecule has 8 nitrogen and oxygen atoms in total. The highest BCUT2D eigenvalue weighted by molar-refractivity contribution is 7.99. The molecule has 0 bridgehead atoms. The third kappa shape index (κ3) is 4.98. The molecule has 0 saturated carbocycles. The van der Waals surface area contributed by atoms with Gasteiger partial charge in [0.05, 0.1) is 29.1 Å². The quantitative estimate of drug-likeness (QED) is 0.394. The summed E-state index contributed by atoms with van der Waals surface area (Å²) in [5.41, 5.74) is 2.58. The number of para-hydroxylation sites is 4. The number of thioether (sulfide) groups is 1. The molecule has 9 heteroatoms. The highest BCUT2D eigenvalue weighted by atomic mass is 32.2. The molecule has 4 rings (SSSR count). The first-order valence-electron chi connectivity index (χ1n) is 9.61. The standard InChI is InChI=1S/C21H21N5O3S/c1-2-28-17-10-6-5-9-16(17)24-19(27)13-30-21-26-25-20(29-21)12-11-18-22-14-7-3-4-8-15(14)23-18/h3-10H,2,11-13H2,1H3,(H,22,23)(H,24,27). The van der Waals surface area contributed by atoms with Gasteiger partial charge in [0.1, 0.15) is 11.6 Å². The summed E-state index contributed by atoms with van der Waals surface area (Å²) < 4.78 is 11.2. The van der Waals surface area contributed by atoms with Crippen molar-refractivity contribution < 1.29 is 13.9 Å². The van der Waals surface area contributed by atoms with E-state index < -0.39 is 0 Å². The smallest absolute Gasteiger partial charge is 0.277 e. The van der Waals surface area contributed by atoms with Gasteiger partial charge < -0.3 is 19.5 Å². The summed E-state index contributed by atoms with van der Waals surface area (Å²) in [4.78, 5) is 20.1. The number of anilines is 1. The van der Waals surface area contributed by atoms with Gasteiger partial charge in [-0.15, -0.1) is 10.2 Å². The van der Waals surface area contributed by atoms with Crippen molar-refractivity contribution in [2.45, 2.75) is 25.0 Å². The Morgan fingerprint density at radius 2 is 1.97 bits per heavy atom. The number of aromatic nitrogens is 4. The van der Waals surface area contributed by atoms with Gasteiger partial charge in [0.25, 0.3) is 5.22 Å². The van der Waals surface area contributed by atoms with Crippen LogP contribution < -0.4 is 10.1 Å². The predicted octanol–water partition coefficient (Wildman–Crippen LogP) is 3.86. The molecule has 0 atom stereocenters. The number of hydrogen-bond donors (Lipinski definition) is 2. The molecule has 4 aromatic rings. The molecule has 0 aliphatic carbocycles. The lowest BCUT2D eigenvalue weighted by atomic mass is 10.3. The van der Waals surface area contributed by atoms with Crippen LogP contribution in [-0.4, -0.2) is 38.4 Å². The van der Waals surface area contributed by atoms with Crippen LogP contribution in [0.4, 0.5) is 5.69 Å². The van der Waals surface area contributed by atoms with Crippen LogP contribution in [-0.2, 0) is 17.6 Å². The number of aromatic amines is 1. The zero-order valence-electron chi connectivity index (χ0n) is 16.4. The van der Waals surface area contributed by atoms with E-state index in [1.807, 2.05) is 49.4 Å². The van der Waals surface area contributed by atoms with Crippen LogP contribution in [0.1, 0.15) is 18.6 Å². The van der Waals surface area contributed by atoms with Crippen LogP contribution in [0.5, 0.6) is 5.75 Å². The number of rotatable bonds is 9. The lowest BCUT2D eigenvalue weighted by Gasteiger charge is -2.10. The highest BCUT2D eigenvalue weighted by Crippen LogP contribution is 2.24. The summed E-state index contributed by atoms with van der Waals surface area (Å²) in [7, 11) is 0. The van der Waals surface area contributed by atoms with E-state index >= 15 is 0 Å². The summed E-state index contributed by atoms with van der Waals surface area (Å²) in [6, 6.07) is 15.2. The number of carbonyl (C=O) groups is 1. The number of nitrogens with zero attached hydrogens (tertiary/aromatic N) is 3. The van der Waals surface area contributed by atoms with Gasteiger partial charge in [0.2, 0.25) is 11.8 Å². The SMILES string of the molecule is CCOc1ccccc1NC(=O)CSc1nnc(CCc2nc3ccccc3[nH]2)o1. The summed E-state index contributed by atoms with van der Waals surface area (Å²) >= 11 is 1.20. The average Bonchev–Trinajstić information content (AvgIpc) is 3.38. The first kappa shape index (κ1) is 20.0. The van der Waals surface area contributed by atoms with Gasteiger partial charge in [-0.05, 0) is 31.2 Å². The molecular weight excluding hydrogens is 402 g/mol. The second kappa shape index (κ2) is 9.45. The molecule has 0 saturated heterocycles. The zero-order valence-corrected chi connectivity index (χ0v) is 17.2.